The van der Waals surface area contributed by atoms with Crippen LogP contribution in [0.25, 0.3) is 5.69 Å². The van der Waals surface area contributed by atoms with Crippen LogP contribution in [0.3, 0.4) is 0 Å². The fourth-order valence-electron chi connectivity index (χ4n) is 3.52. The fraction of sp³-hybridized carbons (Fsp3) is 0.529. The van der Waals surface area contributed by atoms with Gasteiger partial charge in [-0.1, -0.05) is 44.9 Å². The summed E-state index contributed by atoms with van der Waals surface area (Å²) in [5.74, 6) is 2.36. The monoisotopic (exact) mass is 284 g/mol. The van der Waals surface area contributed by atoms with E-state index in [-0.39, 0.29) is 5.41 Å². The average Bonchev–Trinajstić information content (AvgIpc) is 2.91. The third-order valence-electron chi connectivity index (χ3n) is 4.77. The smallest absolute Gasteiger partial charge is 0.151 e. The molecular formula is C17H24N4. The van der Waals surface area contributed by atoms with Crippen LogP contribution in [0.5, 0.6) is 0 Å². The molecule has 0 radical (unpaired) electrons. The zero-order valence-corrected chi connectivity index (χ0v) is 12.9. The maximum atomic E-state index is 5.88. The second-order valence-electron chi connectivity index (χ2n) is 6.64. The highest BCUT2D eigenvalue weighted by Gasteiger charge is 2.37. The van der Waals surface area contributed by atoms with E-state index >= 15 is 0 Å². The molecule has 4 nitrogen and oxygen atoms in total. The Bertz CT molecular complexity index is 601. The highest BCUT2D eigenvalue weighted by atomic mass is 15.3. The highest BCUT2D eigenvalue weighted by Crippen LogP contribution is 2.46. The molecule has 1 heterocycles. The summed E-state index contributed by atoms with van der Waals surface area (Å²) in [7, 11) is 0. The topological polar surface area (TPSA) is 56.7 Å². The van der Waals surface area contributed by atoms with Gasteiger partial charge in [0, 0.05) is 11.6 Å². The van der Waals surface area contributed by atoms with Crippen LogP contribution in [-0.4, -0.2) is 14.8 Å². The van der Waals surface area contributed by atoms with Gasteiger partial charge in [-0.2, -0.15) is 0 Å². The van der Waals surface area contributed by atoms with Crippen LogP contribution < -0.4 is 5.73 Å². The second kappa shape index (κ2) is 5.60. The lowest BCUT2D eigenvalue weighted by Crippen LogP contribution is -2.28. The van der Waals surface area contributed by atoms with Crippen molar-refractivity contribution in [3.8, 4) is 5.69 Å². The number of rotatable bonds is 3. The predicted octanol–water partition coefficient (Wildman–Crippen LogP) is 3.41. The molecule has 3 rings (SSSR count). The third kappa shape index (κ3) is 2.60. The van der Waals surface area contributed by atoms with Crippen LogP contribution in [-0.2, 0) is 6.54 Å². The molecule has 2 N–H and O–H groups in total. The van der Waals surface area contributed by atoms with Crippen molar-refractivity contribution in [2.45, 2.75) is 52.0 Å². The molecule has 2 aromatic rings. The zero-order valence-electron chi connectivity index (χ0n) is 12.9. The van der Waals surface area contributed by atoms with E-state index in [9.17, 15) is 0 Å². The van der Waals surface area contributed by atoms with Crippen LogP contribution in [0.4, 0.5) is 0 Å². The Balaban J connectivity index is 2.09. The first-order valence-corrected chi connectivity index (χ1v) is 7.83. The molecule has 1 atom stereocenters. The van der Waals surface area contributed by atoms with E-state index in [1.165, 1.54) is 25.7 Å². The van der Waals surface area contributed by atoms with Crippen molar-refractivity contribution in [2.24, 2.45) is 11.1 Å². The molecule has 0 saturated heterocycles. The van der Waals surface area contributed by atoms with E-state index in [0.29, 0.717) is 12.5 Å². The molecule has 112 valence electrons. The maximum absolute atomic E-state index is 5.88. The molecule has 1 aromatic heterocycles. The lowest BCUT2D eigenvalue weighted by molar-refractivity contribution is 0.190. The largest absolute Gasteiger partial charge is 0.324 e. The summed E-state index contributed by atoms with van der Waals surface area (Å²) in [6.07, 6.45) is 5.01. The lowest BCUT2D eigenvalue weighted by atomic mass is 9.68. The SMILES string of the molecule is CC1(C)CCCCC1c1nnc(CN)n1-c1ccccc1. The van der Waals surface area contributed by atoms with Crippen molar-refractivity contribution in [3.05, 3.63) is 42.0 Å². The van der Waals surface area contributed by atoms with Gasteiger partial charge in [-0.25, -0.2) is 0 Å². The maximum Gasteiger partial charge on any atom is 0.151 e. The molecule has 0 bridgehead atoms. The van der Waals surface area contributed by atoms with Gasteiger partial charge in [-0.05, 0) is 30.4 Å². The number of benzene rings is 1. The van der Waals surface area contributed by atoms with Crippen LogP contribution in [0.2, 0.25) is 0 Å². The third-order valence-corrected chi connectivity index (χ3v) is 4.77. The van der Waals surface area contributed by atoms with E-state index in [1.54, 1.807) is 0 Å². The first-order chi connectivity index (χ1) is 10.1. The van der Waals surface area contributed by atoms with Crippen molar-refractivity contribution in [1.82, 2.24) is 14.8 Å². The molecule has 1 saturated carbocycles. The summed E-state index contributed by atoms with van der Waals surface area (Å²) >= 11 is 0. The van der Waals surface area contributed by atoms with E-state index in [1.807, 2.05) is 18.2 Å². The Morgan fingerprint density at radius 3 is 2.62 bits per heavy atom. The molecule has 21 heavy (non-hydrogen) atoms. The molecule has 0 aliphatic heterocycles. The fourth-order valence-corrected chi connectivity index (χ4v) is 3.52. The molecule has 1 fully saturated rings. The molecule has 1 aliphatic carbocycles. The predicted molar refractivity (Wildman–Crippen MR) is 84.2 cm³/mol. The van der Waals surface area contributed by atoms with Crippen molar-refractivity contribution >= 4 is 0 Å². The van der Waals surface area contributed by atoms with Gasteiger partial charge in [-0.3, -0.25) is 4.57 Å². The van der Waals surface area contributed by atoms with Gasteiger partial charge < -0.3 is 5.73 Å². The van der Waals surface area contributed by atoms with Crippen molar-refractivity contribution in [3.63, 3.8) is 0 Å². The Morgan fingerprint density at radius 2 is 1.95 bits per heavy atom. The number of nitrogens with zero attached hydrogens (tertiary/aromatic N) is 3. The van der Waals surface area contributed by atoms with Gasteiger partial charge in [-0.15, -0.1) is 10.2 Å². The summed E-state index contributed by atoms with van der Waals surface area (Å²) < 4.78 is 2.16. The van der Waals surface area contributed by atoms with Gasteiger partial charge in [0.05, 0.1) is 6.54 Å². The van der Waals surface area contributed by atoms with Crippen LogP contribution >= 0.6 is 0 Å². The summed E-state index contributed by atoms with van der Waals surface area (Å²) in [4.78, 5) is 0. The summed E-state index contributed by atoms with van der Waals surface area (Å²) in [6.45, 7) is 5.11. The second-order valence-corrected chi connectivity index (χ2v) is 6.64. The Morgan fingerprint density at radius 1 is 1.19 bits per heavy atom. The summed E-state index contributed by atoms with van der Waals surface area (Å²) in [6, 6.07) is 10.3. The first kappa shape index (κ1) is 14.3. The van der Waals surface area contributed by atoms with Crippen molar-refractivity contribution in [2.75, 3.05) is 0 Å². The number of para-hydroxylation sites is 1. The standard InChI is InChI=1S/C17H24N4/c1-17(2)11-7-6-10-14(17)16-20-19-15(12-18)21(16)13-8-4-3-5-9-13/h3-5,8-9,14H,6-7,10-12,18H2,1-2H3. The van der Waals surface area contributed by atoms with Gasteiger partial charge in [0.2, 0.25) is 0 Å². The minimum Gasteiger partial charge on any atom is -0.324 e. The van der Waals surface area contributed by atoms with Gasteiger partial charge in [0.1, 0.15) is 5.82 Å². The lowest BCUT2D eigenvalue weighted by Gasteiger charge is -2.38. The first-order valence-electron chi connectivity index (χ1n) is 7.83. The average molecular weight is 284 g/mol. The molecule has 0 amide bonds. The molecule has 4 heteroatoms. The Hall–Kier alpha value is -1.68. The minimum atomic E-state index is 0.268. The highest BCUT2D eigenvalue weighted by molar-refractivity contribution is 5.35. The van der Waals surface area contributed by atoms with E-state index < -0.39 is 0 Å². The number of hydrogen-bond donors (Lipinski definition) is 1. The van der Waals surface area contributed by atoms with E-state index in [2.05, 4.69) is 40.7 Å². The molecule has 1 aliphatic rings. The van der Waals surface area contributed by atoms with Crippen LogP contribution in [0, 0.1) is 5.41 Å². The van der Waals surface area contributed by atoms with Gasteiger partial charge >= 0.3 is 0 Å². The summed E-state index contributed by atoms with van der Waals surface area (Å²) in [5, 5.41) is 8.86. The van der Waals surface area contributed by atoms with Crippen LogP contribution in [0.15, 0.2) is 30.3 Å². The number of nitrogens with two attached hydrogens (primary N) is 1. The molecule has 1 unspecified atom stereocenters. The van der Waals surface area contributed by atoms with E-state index in [0.717, 1.165) is 17.3 Å². The quantitative estimate of drug-likeness (QED) is 0.939. The normalized spacial score (nSPS) is 21.4. The zero-order chi connectivity index (χ0) is 14.9. The Kier molecular flexibility index (Phi) is 3.81. The number of hydrogen-bond acceptors (Lipinski definition) is 3. The Labute approximate surface area is 126 Å². The number of aromatic nitrogens is 3. The molecule has 0 spiro atoms. The minimum absolute atomic E-state index is 0.268. The molecular weight excluding hydrogens is 260 g/mol. The molecule has 1 aromatic carbocycles. The van der Waals surface area contributed by atoms with Gasteiger partial charge in [0.15, 0.2) is 5.82 Å². The van der Waals surface area contributed by atoms with Crippen molar-refractivity contribution in [1.29, 1.82) is 0 Å². The van der Waals surface area contributed by atoms with Crippen LogP contribution in [0.1, 0.15) is 57.1 Å². The van der Waals surface area contributed by atoms with Crippen molar-refractivity contribution < 1.29 is 0 Å². The van der Waals surface area contributed by atoms with Gasteiger partial charge in [0.25, 0.3) is 0 Å². The summed E-state index contributed by atoms with van der Waals surface area (Å²) in [5.41, 5.74) is 7.25. The van der Waals surface area contributed by atoms with E-state index in [4.69, 9.17) is 5.73 Å².